The molecule has 0 atom stereocenters. The van der Waals surface area contributed by atoms with Crippen molar-refractivity contribution in [3.63, 3.8) is 0 Å². The summed E-state index contributed by atoms with van der Waals surface area (Å²) in [6, 6.07) is 7.89. The van der Waals surface area contributed by atoms with Crippen LogP contribution in [0.5, 0.6) is 5.75 Å². The molecule has 0 spiro atoms. The van der Waals surface area contributed by atoms with Gasteiger partial charge in [0.05, 0.1) is 5.69 Å². The summed E-state index contributed by atoms with van der Waals surface area (Å²) >= 11 is 0. The third-order valence-corrected chi connectivity index (χ3v) is 2.72. The lowest BCUT2D eigenvalue weighted by atomic mass is 10.1. The predicted octanol–water partition coefficient (Wildman–Crippen LogP) is 2.20. The van der Waals surface area contributed by atoms with Gasteiger partial charge in [0.2, 0.25) is 0 Å². The van der Waals surface area contributed by atoms with Crippen molar-refractivity contribution in [2.24, 2.45) is 0 Å². The Bertz CT molecular complexity index is 386. The third-order valence-electron chi connectivity index (χ3n) is 2.72. The number of esters is 1. The van der Waals surface area contributed by atoms with Crippen molar-refractivity contribution < 1.29 is 14.3 Å². The molecule has 0 aliphatic carbocycles. The number of hydrogen-bond donors (Lipinski definition) is 1. The van der Waals surface area contributed by atoms with Crippen LogP contribution in [0.15, 0.2) is 24.3 Å². The lowest BCUT2D eigenvalue weighted by Crippen LogP contribution is -2.28. The molecule has 1 aromatic rings. The Labute approximate surface area is 101 Å². The maximum absolute atomic E-state index is 11.0. The van der Waals surface area contributed by atoms with Crippen molar-refractivity contribution in [3.05, 3.63) is 24.3 Å². The molecular formula is C13H17NO3. The summed E-state index contributed by atoms with van der Waals surface area (Å²) < 4.78 is 10.5. The van der Waals surface area contributed by atoms with Crippen LogP contribution in [0.4, 0.5) is 5.69 Å². The minimum Gasteiger partial charge on any atom is -0.425 e. The molecule has 1 aliphatic heterocycles. The van der Waals surface area contributed by atoms with E-state index in [1.807, 2.05) is 18.2 Å². The first kappa shape index (κ1) is 11.9. The van der Waals surface area contributed by atoms with E-state index in [4.69, 9.17) is 9.47 Å². The van der Waals surface area contributed by atoms with Crippen LogP contribution in [0, 0.1) is 0 Å². The second kappa shape index (κ2) is 5.68. The van der Waals surface area contributed by atoms with Crippen molar-refractivity contribution in [1.29, 1.82) is 0 Å². The fourth-order valence-electron chi connectivity index (χ4n) is 1.89. The van der Waals surface area contributed by atoms with E-state index in [-0.39, 0.29) is 5.97 Å². The summed E-state index contributed by atoms with van der Waals surface area (Å²) in [7, 11) is 0. The minimum atomic E-state index is -0.300. The monoisotopic (exact) mass is 235 g/mol. The highest BCUT2D eigenvalue weighted by molar-refractivity contribution is 5.72. The first-order valence-electron chi connectivity index (χ1n) is 5.87. The van der Waals surface area contributed by atoms with Gasteiger partial charge in [0.1, 0.15) is 0 Å². The molecular weight excluding hydrogens is 218 g/mol. The van der Waals surface area contributed by atoms with Gasteiger partial charge >= 0.3 is 5.97 Å². The Morgan fingerprint density at radius 2 is 2.06 bits per heavy atom. The number of ether oxygens (including phenoxy) is 2. The summed E-state index contributed by atoms with van der Waals surface area (Å²) in [6.07, 6.45) is 1.96. The number of para-hydroxylation sites is 2. The zero-order valence-corrected chi connectivity index (χ0v) is 9.94. The van der Waals surface area contributed by atoms with Crippen LogP contribution >= 0.6 is 0 Å². The van der Waals surface area contributed by atoms with Gasteiger partial charge in [0, 0.05) is 26.2 Å². The van der Waals surface area contributed by atoms with E-state index in [9.17, 15) is 4.79 Å². The highest BCUT2D eigenvalue weighted by atomic mass is 16.5. The molecule has 1 heterocycles. The lowest BCUT2D eigenvalue weighted by molar-refractivity contribution is -0.131. The second-order valence-corrected chi connectivity index (χ2v) is 4.12. The Morgan fingerprint density at radius 1 is 1.35 bits per heavy atom. The molecule has 0 saturated carbocycles. The second-order valence-electron chi connectivity index (χ2n) is 4.12. The molecule has 0 bridgehead atoms. The lowest BCUT2D eigenvalue weighted by Gasteiger charge is -2.24. The standard InChI is InChI=1S/C13H17NO3/c1-10(15)17-13-5-3-2-4-12(13)14-11-6-8-16-9-7-11/h2-5,11,14H,6-9H2,1H3. The van der Waals surface area contributed by atoms with Crippen molar-refractivity contribution >= 4 is 11.7 Å². The average Bonchev–Trinajstić information content (AvgIpc) is 2.32. The summed E-state index contributed by atoms with van der Waals surface area (Å²) in [5.41, 5.74) is 0.870. The SMILES string of the molecule is CC(=O)Oc1ccccc1NC1CCOCC1. The van der Waals surface area contributed by atoms with Crippen LogP contribution in [-0.4, -0.2) is 25.2 Å². The number of benzene rings is 1. The van der Waals surface area contributed by atoms with Crippen LogP contribution in [0.25, 0.3) is 0 Å². The number of hydrogen-bond acceptors (Lipinski definition) is 4. The maximum atomic E-state index is 11.0. The molecule has 17 heavy (non-hydrogen) atoms. The molecule has 0 unspecified atom stereocenters. The van der Waals surface area contributed by atoms with Crippen molar-refractivity contribution in [3.8, 4) is 5.75 Å². The van der Waals surface area contributed by atoms with Crippen molar-refractivity contribution in [1.82, 2.24) is 0 Å². The molecule has 0 amide bonds. The van der Waals surface area contributed by atoms with E-state index < -0.39 is 0 Å². The molecule has 0 radical (unpaired) electrons. The van der Waals surface area contributed by atoms with Gasteiger partial charge in [0.25, 0.3) is 0 Å². The van der Waals surface area contributed by atoms with Gasteiger partial charge in [-0.2, -0.15) is 0 Å². The van der Waals surface area contributed by atoms with Gasteiger partial charge in [0.15, 0.2) is 5.75 Å². The van der Waals surface area contributed by atoms with Gasteiger partial charge in [-0.05, 0) is 25.0 Å². The third kappa shape index (κ3) is 3.46. The van der Waals surface area contributed by atoms with Crippen LogP contribution < -0.4 is 10.1 Å². The van der Waals surface area contributed by atoms with Gasteiger partial charge in [-0.15, -0.1) is 0 Å². The first-order chi connectivity index (χ1) is 8.25. The Kier molecular flexibility index (Phi) is 3.98. The first-order valence-corrected chi connectivity index (χ1v) is 5.87. The molecule has 1 N–H and O–H groups in total. The fraction of sp³-hybridized carbons (Fsp3) is 0.462. The van der Waals surface area contributed by atoms with Crippen molar-refractivity contribution in [2.45, 2.75) is 25.8 Å². The molecule has 4 heteroatoms. The van der Waals surface area contributed by atoms with E-state index in [1.165, 1.54) is 6.92 Å². The Hall–Kier alpha value is -1.55. The van der Waals surface area contributed by atoms with E-state index in [0.717, 1.165) is 31.7 Å². The highest BCUT2D eigenvalue weighted by Crippen LogP contribution is 2.26. The highest BCUT2D eigenvalue weighted by Gasteiger charge is 2.15. The largest absolute Gasteiger partial charge is 0.425 e. The molecule has 0 aromatic heterocycles. The van der Waals surface area contributed by atoms with E-state index >= 15 is 0 Å². The van der Waals surface area contributed by atoms with Crippen molar-refractivity contribution in [2.75, 3.05) is 18.5 Å². The Balaban J connectivity index is 2.05. The summed E-state index contributed by atoms with van der Waals surface area (Å²) in [4.78, 5) is 11.0. The van der Waals surface area contributed by atoms with Gasteiger partial charge in [-0.25, -0.2) is 0 Å². The molecule has 1 aliphatic rings. The zero-order valence-electron chi connectivity index (χ0n) is 9.94. The van der Waals surface area contributed by atoms with Gasteiger partial charge in [-0.3, -0.25) is 4.79 Å². The normalized spacial score (nSPS) is 16.5. The number of rotatable bonds is 3. The van der Waals surface area contributed by atoms with Gasteiger partial charge < -0.3 is 14.8 Å². The number of carbonyl (C=O) groups excluding carboxylic acids is 1. The zero-order chi connectivity index (χ0) is 12.1. The quantitative estimate of drug-likeness (QED) is 0.644. The molecule has 1 aromatic carbocycles. The van der Waals surface area contributed by atoms with Gasteiger partial charge in [-0.1, -0.05) is 12.1 Å². The topological polar surface area (TPSA) is 47.6 Å². The van der Waals surface area contributed by atoms with Crippen LogP contribution in [0.1, 0.15) is 19.8 Å². The number of nitrogens with one attached hydrogen (secondary N) is 1. The molecule has 92 valence electrons. The minimum absolute atomic E-state index is 0.300. The van der Waals surface area contributed by atoms with E-state index in [0.29, 0.717) is 11.8 Å². The summed E-state index contributed by atoms with van der Waals surface area (Å²) in [5.74, 6) is 0.290. The number of anilines is 1. The fourth-order valence-corrected chi connectivity index (χ4v) is 1.89. The Morgan fingerprint density at radius 3 is 2.76 bits per heavy atom. The van der Waals surface area contributed by atoms with Crippen LogP contribution in [0.2, 0.25) is 0 Å². The molecule has 4 nitrogen and oxygen atoms in total. The van der Waals surface area contributed by atoms with E-state index in [2.05, 4.69) is 5.32 Å². The smallest absolute Gasteiger partial charge is 0.308 e. The molecule has 2 rings (SSSR count). The molecule has 1 fully saturated rings. The summed E-state index contributed by atoms with van der Waals surface area (Å²) in [5, 5.41) is 3.40. The maximum Gasteiger partial charge on any atom is 0.308 e. The van der Waals surface area contributed by atoms with Crippen LogP contribution in [0.3, 0.4) is 0 Å². The summed E-state index contributed by atoms with van der Waals surface area (Å²) in [6.45, 7) is 2.98. The average molecular weight is 235 g/mol. The van der Waals surface area contributed by atoms with E-state index in [1.54, 1.807) is 6.07 Å². The predicted molar refractivity (Wildman–Crippen MR) is 65.2 cm³/mol. The number of carbonyl (C=O) groups is 1. The molecule has 1 saturated heterocycles. The van der Waals surface area contributed by atoms with Crippen LogP contribution in [-0.2, 0) is 9.53 Å².